The summed E-state index contributed by atoms with van der Waals surface area (Å²) >= 11 is 0. The van der Waals surface area contributed by atoms with Gasteiger partial charge in [0.05, 0.1) is 65.4 Å². The topological polar surface area (TPSA) is 158 Å². The van der Waals surface area contributed by atoms with Crippen LogP contribution in [0.25, 0.3) is 0 Å². The zero-order valence-corrected chi connectivity index (χ0v) is 31.5. The molecule has 12 aliphatic rings. The number of ether oxygens (including phenoxy) is 12. The van der Waals surface area contributed by atoms with Crippen LogP contribution in [-0.2, 0) is 61.6 Å². The molecule has 6 saturated heterocycles. The highest BCUT2D eigenvalue weighted by Gasteiger charge is 3.07. The van der Waals surface area contributed by atoms with Gasteiger partial charge >= 0.3 is 5.97 Å². The van der Waals surface area contributed by atoms with E-state index in [1.54, 1.807) is 0 Å². The molecule has 6 heterocycles. The van der Waals surface area contributed by atoms with Gasteiger partial charge in [-0.25, -0.2) is 0 Å². The summed E-state index contributed by atoms with van der Waals surface area (Å²) in [4.78, 5) is 13.6. The fraction of sp³-hybridized carbons (Fsp3) is 0.975. The fourth-order valence-corrected chi connectivity index (χ4v) is 16.3. The standard InChI is InChI=1S/C40H56O14/c1-2-34(31-8-6-26(22-31)35-38(31,52-35)49-19-16-43-10-3-13-46-35,32-9-7-27(23-32)36-39(32,53-36)50-20-17-44-11-4-14-47-36)33-24-28(30(41)42)29(25-33)37-40(33,54-37)51-21-18-45-12-5-15-48-37/h26-29H,2-25H2,1H3,(H,41,42). The summed E-state index contributed by atoms with van der Waals surface area (Å²) in [5.74, 6) is -8.02. The van der Waals surface area contributed by atoms with Gasteiger partial charge in [-0.05, 0) is 77.0 Å². The number of aliphatic carboxylic acids is 1. The maximum atomic E-state index is 13.6. The molecule has 6 aliphatic heterocycles. The predicted octanol–water partition coefficient (Wildman–Crippen LogP) is 3.72. The van der Waals surface area contributed by atoms with Crippen LogP contribution in [0.3, 0.4) is 0 Å². The highest BCUT2D eigenvalue weighted by atomic mass is 16.9. The van der Waals surface area contributed by atoms with E-state index in [-0.39, 0.29) is 11.8 Å². The molecular formula is C40H56O14. The van der Waals surface area contributed by atoms with Crippen molar-refractivity contribution in [1.82, 2.24) is 0 Å². The monoisotopic (exact) mass is 760 g/mol. The molecule has 0 aromatic carbocycles. The second-order valence-corrected chi connectivity index (χ2v) is 18.5. The van der Waals surface area contributed by atoms with Crippen LogP contribution >= 0.6 is 0 Å². The van der Waals surface area contributed by atoms with Crippen molar-refractivity contribution in [2.75, 3.05) is 79.3 Å². The van der Waals surface area contributed by atoms with E-state index in [0.717, 1.165) is 51.4 Å². The Bertz CT molecular complexity index is 1530. The molecule has 0 aromatic heterocycles. The summed E-state index contributed by atoms with van der Waals surface area (Å²) in [5, 5.41) is 11.1. The molecule has 1 N–H and O–H groups in total. The van der Waals surface area contributed by atoms with E-state index in [1.807, 2.05) is 0 Å². The van der Waals surface area contributed by atoms with Gasteiger partial charge in [0.25, 0.3) is 0 Å². The van der Waals surface area contributed by atoms with Crippen LogP contribution < -0.4 is 0 Å². The van der Waals surface area contributed by atoms with Crippen LogP contribution in [0.2, 0.25) is 0 Å². The Morgan fingerprint density at radius 2 is 1.02 bits per heavy atom. The molecule has 13 unspecified atom stereocenters. The lowest BCUT2D eigenvalue weighted by atomic mass is 9.35. The first kappa shape index (κ1) is 35.0. The van der Waals surface area contributed by atoms with Crippen molar-refractivity contribution < 1.29 is 66.7 Å². The third kappa shape index (κ3) is 3.46. The minimum Gasteiger partial charge on any atom is -0.481 e. The zero-order valence-electron chi connectivity index (χ0n) is 31.5. The van der Waals surface area contributed by atoms with E-state index < -0.39 is 74.2 Å². The third-order valence-electron chi connectivity index (χ3n) is 17.4. The maximum absolute atomic E-state index is 13.6. The Hall–Kier alpha value is -1.01. The number of carboxylic acid groups (broad SMARTS) is 1. The fourth-order valence-electron chi connectivity index (χ4n) is 16.3. The van der Waals surface area contributed by atoms with Crippen molar-refractivity contribution in [2.45, 2.75) is 119 Å². The number of carboxylic acids is 1. The molecular weight excluding hydrogens is 704 g/mol. The maximum Gasteiger partial charge on any atom is 0.307 e. The van der Waals surface area contributed by atoms with E-state index in [2.05, 4.69) is 6.92 Å². The van der Waals surface area contributed by atoms with Gasteiger partial charge in [-0.1, -0.05) is 6.92 Å². The second-order valence-electron chi connectivity index (χ2n) is 18.5. The summed E-state index contributed by atoms with van der Waals surface area (Å²) in [6, 6.07) is 0. The molecule has 54 heavy (non-hydrogen) atoms. The normalized spacial score (nSPS) is 58.0. The number of hydrogen-bond acceptors (Lipinski definition) is 13. The van der Waals surface area contributed by atoms with Crippen LogP contribution in [0.5, 0.6) is 0 Å². The molecule has 14 heteroatoms. The molecule has 6 saturated carbocycles. The van der Waals surface area contributed by atoms with Gasteiger partial charge in [0.2, 0.25) is 34.7 Å². The number of carbonyl (C=O) groups is 1. The van der Waals surface area contributed by atoms with Crippen LogP contribution in [-0.4, -0.2) is 125 Å². The highest BCUT2D eigenvalue weighted by Crippen LogP contribution is 2.98. The van der Waals surface area contributed by atoms with Gasteiger partial charge in [0, 0.05) is 59.2 Å². The molecule has 6 aliphatic carbocycles. The largest absolute Gasteiger partial charge is 0.481 e. The minimum absolute atomic E-state index is 0.109. The van der Waals surface area contributed by atoms with Crippen molar-refractivity contribution in [1.29, 1.82) is 0 Å². The van der Waals surface area contributed by atoms with E-state index in [4.69, 9.17) is 56.8 Å². The summed E-state index contributed by atoms with van der Waals surface area (Å²) in [7, 11) is 0. The molecule has 6 bridgehead atoms. The Kier molecular flexibility index (Phi) is 7.24. The van der Waals surface area contributed by atoms with Crippen LogP contribution in [0.1, 0.15) is 84.0 Å². The van der Waals surface area contributed by atoms with Crippen molar-refractivity contribution in [3.63, 3.8) is 0 Å². The van der Waals surface area contributed by atoms with E-state index in [1.165, 1.54) is 0 Å². The molecule has 14 nitrogen and oxygen atoms in total. The van der Waals surface area contributed by atoms with E-state index in [9.17, 15) is 9.90 Å². The molecule has 300 valence electrons. The molecule has 12 rings (SSSR count). The summed E-state index contributed by atoms with van der Waals surface area (Å²) in [6.45, 7) is 7.88. The van der Waals surface area contributed by atoms with Gasteiger partial charge in [0.1, 0.15) is 0 Å². The first-order valence-electron chi connectivity index (χ1n) is 21.2. The predicted molar refractivity (Wildman–Crippen MR) is 180 cm³/mol. The van der Waals surface area contributed by atoms with Gasteiger partial charge in [-0.15, -0.1) is 0 Å². The van der Waals surface area contributed by atoms with Gasteiger partial charge < -0.3 is 61.9 Å². The smallest absolute Gasteiger partial charge is 0.307 e. The Morgan fingerprint density at radius 3 is 1.50 bits per heavy atom. The molecule has 0 spiro atoms. The summed E-state index contributed by atoms with van der Waals surface area (Å²) in [5.41, 5.74) is -2.93. The lowest BCUT2D eigenvalue weighted by molar-refractivity contribution is -0.336. The Morgan fingerprint density at radius 1 is 0.556 bits per heavy atom. The van der Waals surface area contributed by atoms with Crippen molar-refractivity contribution in [3.8, 4) is 0 Å². The van der Waals surface area contributed by atoms with Crippen molar-refractivity contribution in [3.05, 3.63) is 0 Å². The summed E-state index contributed by atoms with van der Waals surface area (Å²) < 4.78 is 81.9. The molecule has 0 radical (unpaired) electrons. The van der Waals surface area contributed by atoms with Gasteiger partial charge in [-0.2, -0.15) is 0 Å². The molecule has 13 atom stereocenters. The lowest BCUT2D eigenvalue weighted by Crippen LogP contribution is -2.73. The zero-order chi connectivity index (χ0) is 36.3. The van der Waals surface area contributed by atoms with Crippen LogP contribution in [0.15, 0.2) is 0 Å². The first-order valence-corrected chi connectivity index (χ1v) is 21.2. The lowest BCUT2D eigenvalue weighted by Gasteiger charge is -2.68. The number of epoxide rings is 3. The second kappa shape index (κ2) is 11.2. The summed E-state index contributed by atoms with van der Waals surface area (Å²) in [6.07, 6.45) is 9.00. The van der Waals surface area contributed by atoms with Crippen LogP contribution in [0, 0.1) is 45.3 Å². The van der Waals surface area contributed by atoms with Crippen molar-refractivity contribution in [2.24, 2.45) is 45.3 Å². The van der Waals surface area contributed by atoms with E-state index >= 15 is 0 Å². The number of rotatable bonds is 5. The molecule has 0 amide bonds. The van der Waals surface area contributed by atoms with Crippen molar-refractivity contribution >= 4 is 5.97 Å². The Labute approximate surface area is 315 Å². The average Bonchev–Trinajstić information content (AvgIpc) is 3.91. The van der Waals surface area contributed by atoms with Crippen LogP contribution in [0.4, 0.5) is 0 Å². The third-order valence-corrected chi connectivity index (χ3v) is 17.4. The average molecular weight is 761 g/mol. The first-order chi connectivity index (χ1) is 26.3. The SMILES string of the molecule is CCC(C12CCC(C1)C13OCCCOCCOC12O3)(C12CCC(C1)C13OCCCOCCOC12O3)C12CC(C(=O)O)C(C1)C13OCCCOCCOC12O3. The quantitative estimate of drug-likeness (QED) is 0.405. The Balaban J connectivity index is 1.12. The highest BCUT2D eigenvalue weighted by molar-refractivity contribution is 5.72. The number of hydrogen-bond donors (Lipinski definition) is 1. The molecule has 0 aromatic rings. The van der Waals surface area contributed by atoms with Gasteiger partial charge in [-0.3, -0.25) is 4.79 Å². The molecule has 12 fully saturated rings. The van der Waals surface area contributed by atoms with Gasteiger partial charge in [0.15, 0.2) is 0 Å². The van der Waals surface area contributed by atoms with E-state index in [0.29, 0.717) is 105 Å². The minimum atomic E-state index is -1.21. The number of fused-ring (bicyclic) bond motifs is 6.